The number of imidazole rings is 1. The van der Waals surface area contributed by atoms with Gasteiger partial charge in [0.15, 0.2) is 17.6 Å². The Kier molecular flexibility index (Phi) is 6.58. The highest BCUT2D eigenvalue weighted by Crippen LogP contribution is 2.49. The second-order valence-corrected chi connectivity index (χ2v) is 12.2. The summed E-state index contributed by atoms with van der Waals surface area (Å²) in [5.74, 6) is 1.81. The Morgan fingerprint density at radius 3 is 2.79 bits per heavy atom. The first-order valence-electron chi connectivity index (χ1n) is 14.8. The molecule has 2 saturated heterocycles. The zero-order valence-electron chi connectivity index (χ0n) is 23.7. The van der Waals surface area contributed by atoms with Crippen LogP contribution in [0, 0.1) is 5.82 Å². The van der Waals surface area contributed by atoms with Crippen LogP contribution in [0.15, 0.2) is 54.6 Å². The molecule has 0 saturated carbocycles. The Hall–Kier alpha value is -3.66. The topological polar surface area (TPSA) is 75.0 Å². The van der Waals surface area contributed by atoms with E-state index >= 15 is 0 Å². The van der Waals surface area contributed by atoms with Gasteiger partial charge in [0.1, 0.15) is 18.2 Å². The molecule has 2 fully saturated rings. The molecule has 5 atom stereocenters. The third-order valence-corrected chi connectivity index (χ3v) is 9.74. The molecule has 43 heavy (non-hydrogen) atoms. The number of methoxy groups -OCH3 is 1. The predicted molar refractivity (Wildman–Crippen MR) is 157 cm³/mol. The van der Waals surface area contributed by atoms with Crippen LogP contribution < -0.4 is 9.47 Å². The van der Waals surface area contributed by atoms with Gasteiger partial charge in [-0.25, -0.2) is 14.2 Å². The summed E-state index contributed by atoms with van der Waals surface area (Å²) in [5.41, 5.74) is 3.82. The number of ether oxygens (including phenoxy) is 4. The maximum Gasteiger partial charge on any atom is 0.337 e. The molecule has 10 heteroatoms. The van der Waals surface area contributed by atoms with Gasteiger partial charge in [-0.15, -0.1) is 0 Å². The number of nitrogens with zero attached hydrogens (tertiary/aromatic N) is 3. The van der Waals surface area contributed by atoms with E-state index in [1.807, 2.05) is 24.3 Å². The van der Waals surface area contributed by atoms with E-state index in [9.17, 15) is 9.18 Å². The average Bonchev–Trinajstić information content (AvgIpc) is 3.36. The van der Waals surface area contributed by atoms with Crippen molar-refractivity contribution in [3.63, 3.8) is 0 Å². The average molecular weight is 604 g/mol. The van der Waals surface area contributed by atoms with Crippen LogP contribution in [-0.4, -0.2) is 59.4 Å². The van der Waals surface area contributed by atoms with Gasteiger partial charge in [-0.2, -0.15) is 0 Å². The van der Waals surface area contributed by atoms with Gasteiger partial charge in [0.05, 0.1) is 42.4 Å². The van der Waals surface area contributed by atoms with Crippen LogP contribution in [0.2, 0.25) is 5.02 Å². The van der Waals surface area contributed by atoms with Crippen LogP contribution in [0.4, 0.5) is 4.39 Å². The third kappa shape index (κ3) is 4.48. The van der Waals surface area contributed by atoms with Gasteiger partial charge in [-0.05, 0) is 68.1 Å². The molecule has 0 bridgehead atoms. The summed E-state index contributed by atoms with van der Waals surface area (Å²) in [6.07, 6.45) is 2.30. The number of benzene rings is 3. The number of esters is 1. The minimum Gasteiger partial charge on any atom is -0.485 e. The molecule has 4 aliphatic rings. The van der Waals surface area contributed by atoms with Crippen LogP contribution >= 0.6 is 11.6 Å². The van der Waals surface area contributed by atoms with Gasteiger partial charge < -0.3 is 23.5 Å². The molecule has 1 aromatic heterocycles. The van der Waals surface area contributed by atoms with Crippen molar-refractivity contribution in [3.8, 4) is 11.5 Å². The van der Waals surface area contributed by atoms with Crippen molar-refractivity contribution in [1.29, 1.82) is 0 Å². The SMILES string of the molecule is COC(=O)c1ccc2nc3n(c2c1)C(C1CCO1)C1CC(c2cccc4c2O[C@@H](c2ccc(Cl)cc2F)CO4)CCN1C3. The summed E-state index contributed by atoms with van der Waals surface area (Å²) >= 11 is 6.00. The number of rotatable bonds is 4. The first-order chi connectivity index (χ1) is 21.0. The van der Waals surface area contributed by atoms with Crippen LogP contribution in [0.5, 0.6) is 11.5 Å². The fourth-order valence-electron chi connectivity index (χ4n) is 7.35. The quantitative estimate of drug-likeness (QED) is 0.256. The van der Waals surface area contributed by atoms with E-state index < -0.39 is 11.9 Å². The summed E-state index contributed by atoms with van der Waals surface area (Å²) in [7, 11) is 1.40. The van der Waals surface area contributed by atoms with Crippen molar-refractivity contribution < 1.29 is 28.1 Å². The van der Waals surface area contributed by atoms with Crippen molar-refractivity contribution in [2.75, 3.05) is 26.9 Å². The highest BCUT2D eigenvalue weighted by molar-refractivity contribution is 6.30. The standard InChI is InChI=1S/C33H31ClFN3O5/c1-40-33(39)19-5-8-24-25(14-19)38-30(36-24)16-37-11-9-18(13-26(37)31(38)27-10-12-41-27)21-3-2-4-28-32(21)43-29(17-42-28)22-7-6-20(34)15-23(22)35/h2-8,14-15,18,26-27,29,31H,9-13,16-17H2,1H3/t18?,26?,27?,29-,31?/m1/s1. The maximum absolute atomic E-state index is 14.8. The van der Waals surface area contributed by atoms with Crippen LogP contribution in [-0.2, 0) is 16.0 Å². The van der Waals surface area contributed by atoms with Crippen LogP contribution in [0.3, 0.4) is 0 Å². The maximum atomic E-state index is 14.8. The van der Waals surface area contributed by atoms with Gasteiger partial charge in [0.25, 0.3) is 0 Å². The number of halogens is 2. The van der Waals surface area contributed by atoms with E-state index in [4.69, 9.17) is 35.5 Å². The van der Waals surface area contributed by atoms with Crippen molar-refractivity contribution in [2.45, 2.75) is 56.0 Å². The zero-order valence-corrected chi connectivity index (χ0v) is 24.4. The number of hydrogen-bond acceptors (Lipinski definition) is 7. The number of carbonyl (C=O) groups excluding carboxylic acids is 1. The molecule has 8 rings (SSSR count). The Bertz CT molecular complexity index is 1740. The largest absolute Gasteiger partial charge is 0.485 e. The Labute approximate surface area is 253 Å². The van der Waals surface area contributed by atoms with Gasteiger partial charge in [-0.3, -0.25) is 4.90 Å². The second kappa shape index (κ2) is 10.5. The lowest BCUT2D eigenvalue weighted by atomic mass is 9.79. The molecule has 4 aromatic rings. The molecule has 4 aliphatic heterocycles. The lowest BCUT2D eigenvalue weighted by Gasteiger charge is -2.51. The van der Waals surface area contributed by atoms with E-state index in [0.29, 0.717) is 27.6 Å². The van der Waals surface area contributed by atoms with E-state index in [2.05, 4.69) is 15.5 Å². The van der Waals surface area contributed by atoms with Crippen molar-refractivity contribution in [3.05, 3.63) is 88.0 Å². The summed E-state index contributed by atoms with van der Waals surface area (Å²) < 4.78 is 40.9. The molecule has 4 unspecified atom stereocenters. The molecule has 0 N–H and O–H groups in total. The van der Waals surface area contributed by atoms with E-state index in [1.165, 1.54) is 13.2 Å². The van der Waals surface area contributed by atoms with Gasteiger partial charge >= 0.3 is 5.97 Å². The first-order valence-corrected chi connectivity index (χ1v) is 15.2. The zero-order chi connectivity index (χ0) is 29.2. The molecule has 0 radical (unpaired) electrons. The van der Waals surface area contributed by atoms with Crippen LogP contribution in [0.25, 0.3) is 11.0 Å². The minimum atomic E-state index is -0.569. The van der Waals surface area contributed by atoms with E-state index in [-0.39, 0.29) is 36.7 Å². The molecule has 0 aliphatic carbocycles. The predicted octanol–water partition coefficient (Wildman–Crippen LogP) is 6.22. The molecule has 222 valence electrons. The fourth-order valence-corrected chi connectivity index (χ4v) is 7.51. The Balaban J connectivity index is 1.14. The molecular weight excluding hydrogens is 573 g/mol. The number of hydrogen-bond donors (Lipinski definition) is 0. The smallest absolute Gasteiger partial charge is 0.337 e. The Morgan fingerprint density at radius 1 is 1.12 bits per heavy atom. The van der Waals surface area contributed by atoms with Crippen LogP contribution in [0.1, 0.15) is 64.6 Å². The summed E-state index contributed by atoms with van der Waals surface area (Å²) in [5, 5.41) is 0.346. The van der Waals surface area contributed by atoms with Gasteiger partial charge in [0, 0.05) is 28.8 Å². The van der Waals surface area contributed by atoms with E-state index in [1.54, 1.807) is 18.2 Å². The summed E-state index contributed by atoms with van der Waals surface area (Å²) in [6.45, 7) is 2.59. The second-order valence-electron chi connectivity index (χ2n) is 11.8. The van der Waals surface area contributed by atoms with Crippen molar-refractivity contribution in [1.82, 2.24) is 14.5 Å². The minimum absolute atomic E-state index is 0.0471. The lowest BCUT2D eigenvalue weighted by molar-refractivity contribution is -0.112. The van der Waals surface area contributed by atoms with Crippen molar-refractivity contribution in [2.24, 2.45) is 0 Å². The first kappa shape index (κ1) is 26.9. The lowest BCUT2D eigenvalue weighted by Crippen LogP contribution is -2.55. The monoisotopic (exact) mass is 603 g/mol. The molecule has 3 aromatic carbocycles. The highest BCUT2D eigenvalue weighted by atomic mass is 35.5. The number of fused-ring (bicyclic) bond motifs is 5. The highest BCUT2D eigenvalue weighted by Gasteiger charge is 2.47. The van der Waals surface area contributed by atoms with Crippen molar-refractivity contribution >= 4 is 28.6 Å². The number of aromatic nitrogens is 2. The number of piperidine rings is 1. The van der Waals surface area contributed by atoms with Gasteiger partial charge in [0.2, 0.25) is 0 Å². The molecule has 0 amide bonds. The molecule has 0 spiro atoms. The molecule has 5 heterocycles. The number of carbonyl (C=O) groups is 1. The third-order valence-electron chi connectivity index (χ3n) is 9.50. The summed E-state index contributed by atoms with van der Waals surface area (Å²) in [4.78, 5) is 19.9. The molecular formula is C33H31ClFN3O5. The van der Waals surface area contributed by atoms with Gasteiger partial charge in [-0.1, -0.05) is 29.8 Å². The van der Waals surface area contributed by atoms with E-state index in [0.717, 1.165) is 61.4 Å². The molecule has 8 nitrogen and oxygen atoms in total. The normalized spacial score (nSPS) is 26.3. The summed E-state index contributed by atoms with van der Waals surface area (Å²) in [6, 6.07) is 16.5. The fraction of sp³-hybridized carbons (Fsp3) is 0.394. The Morgan fingerprint density at radius 2 is 2.00 bits per heavy atom. The number of para-hydroxylation sites is 1.